The Morgan fingerprint density at radius 3 is 2.50 bits per heavy atom. The van der Waals surface area contributed by atoms with Crippen LogP contribution < -0.4 is 0 Å². The van der Waals surface area contributed by atoms with Gasteiger partial charge in [-0.25, -0.2) is 0 Å². The molecular weight excluding hydrogens is 350 g/mol. The summed E-state index contributed by atoms with van der Waals surface area (Å²) in [6.07, 6.45) is 1.88. The van der Waals surface area contributed by atoms with Crippen LogP contribution in [-0.2, 0) is 6.54 Å². The zero-order chi connectivity index (χ0) is 19.5. The second-order valence-corrected chi connectivity index (χ2v) is 7.58. The van der Waals surface area contributed by atoms with E-state index in [-0.39, 0.29) is 6.04 Å². The monoisotopic (exact) mass is 377 g/mol. The molecule has 0 aliphatic carbocycles. The van der Waals surface area contributed by atoms with E-state index in [1.807, 2.05) is 24.4 Å². The van der Waals surface area contributed by atoms with Gasteiger partial charge in [-0.2, -0.15) is 4.98 Å². The number of aryl methyl sites for hydroxylation is 2. The minimum absolute atomic E-state index is 0.116. The quantitative estimate of drug-likeness (QED) is 0.677. The molecule has 146 valence electrons. The lowest BCUT2D eigenvalue weighted by Gasteiger charge is -2.36. The second kappa shape index (κ2) is 8.20. The third-order valence-corrected chi connectivity index (χ3v) is 5.55. The third kappa shape index (κ3) is 4.13. The van der Waals surface area contributed by atoms with Crippen molar-refractivity contribution in [2.24, 2.45) is 0 Å². The molecule has 1 atom stereocenters. The fraction of sp³-hybridized carbons (Fsp3) is 0.409. The summed E-state index contributed by atoms with van der Waals surface area (Å²) in [7, 11) is 0. The Balaban J connectivity index is 1.36. The summed E-state index contributed by atoms with van der Waals surface area (Å²) < 4.78 is 5.58. The Hall–Kier alpha value is -2.57. The molecule has 2 aromatic heterocycles. The van der Waals surface area contributed by atoms with Crippen molar-refractivity contribution in [2.75, 3.05) is 26.2 Å². The first kappa shape index (κ1) is 18.8. The maximum Gasteiger partial charge on any atom is 0.244 e. The maximum atomic E-state index is 5.58. The number of rotatable bonds is 5. The summed E-state index contributed by atoms with van der Waals surface area (Å²) in [5.41, 5.74) is 4.64. The van der Waals surface area contributed by atoms with E-state index in [1.54, 1.807) is 0 Å². The van der Waals surface area contributed by atoms with Gasteiger partial charge in [-0.05, 0) is 32.4 Å². The minimum atomic E-state index is 0.116. The van der Waals surface area contributed by atoms with Gasteiger partial charge in [0.2, 0.25) is 11.7 Å². The SMILES string of the molecule is Cc1ccc(-c2noc([C@@H](C)N3CCN(Cc4ncccc4C)CC3)n2)cc1. The summed E-state index contributed by atoms with van der Waals surface area (Å²) in [6, 6.07) is 12.4. The molecule has 0 spiro atoms. The van der Waals surface area contributed by atoms with Gasteiger partial charge in [-0.15, -0.1) is 0 Å². The Morgan fingerprint density at radius 2 is 1.79 bits per heavy atom. The molecule has 1 aromatic carbocycles. The molecule has 0 radical (unpaired) electrons. The van der Waals surface area contributed by atoms with E-state index >= 15 is 0 Å². The predicted octanol–water partition coefficient (Wildman–Crippen LogP) is 3.63. The molecule has 0 amide bonds. The van der Waals surface area contributed by atoms with Crippen LogP contribution in [0.2, 0.25) is 0 Å². The van der Waals surface area contributed by atoms with E-state index in [9.17, 15) is 0 Å². The van der Waals surface area contributed by atoms with Crippen LogP contribution in [-0.4, -0.2) is 51.1 Å². The molecule has 4 rings (SSSR count). The highest BCUT2D eigenvalue weighted by Gasteiger charge is 2.26. The van der Waals surface area contributed by atoms with Gasteiger partial charge >= 0.3 is 0 Å². The zero-order valence-corrected chi connectivity index (χ0v) is 16.8. The van der Waals surface area contributed by atoms with Crippen molar-refractivity contribution < 1.29 is 4.52 Å². The summed E-state index contributed by atoms with van der Waals surface area (Å²) in [5.74, 6) is 1.34. The van der Waals surface area contributed by atoms with Crippen molar-refractivity contribution in [2.45, 2.75) is 33.4 Å². The van der Waals surface area contributed by atoms with Crippen LogP contribution in [0.5, 0.6) is 0 Å². The highest BCUT2D eigenvalue weighted by atomic mass is 16.5. The Morgan fingerprint density at radius 1 is 1.04 bits per heavy atom. The summed E-state index contributed by atoms with van der Waals surface area (Å²) >= 11 is 0. The zero-order valence-electron chi connectivity index (χ0n) is 16.8. The lowest BCUT2D eigenvalue weighted by atomic mass is 10.1. The molecule has 1 aliphatic heterocycles. The number of benzene rings is 1. The molecule has 0 unspecified atom stereocenters. The highest BCUT2D eigenvalue weighted by Crippen LogP contribution is 2.24. The molecule has 28 heavy (non-hydrogen) atoms. The molecule has 0 saturated carbocycles. The van der Waals surface area contributed by atoms with E-state index in [0.717, 1.165) is 38.3 Å². The van der Waals surface area contributed by atoms with Crippen LogP contribution in [0.15, 0.2) is 47.1 Å². The van der Waals surface area contributed by atoms with Crippen molar-refractivity contribution in [3.63, 3.8) is 0 Å². The molecule has 6 heteroatoms. The first-order valence-corrected chi connectivity index (χ1v) is 9.87. The van der Waals surface area contributed by atoms with Crippen LogP contribution in [0.4, 0.5) is 0 Å². The standard InChI is InChI=1S/C22H27N5O/c1-16-6-8-19(9-7-16)21-24-22(28-25-21)18(3)27-13-11-26(12-14-27)15-20-17(2)5-4-10-23-20/h4-10,18H,11-15H2,1-3H3/t18-/m1/s1. The number of pyridine rings is 1. The molecule has 1 fully saturated rings. The number of aromatic nitrogens is 3. The van der Waals surface area contributed by atoms with Crippen molar-refractivity contribution >= 4 is 0 Å². The van der Waals surface area contributed by atoms with E-state index < -0.39 is 0 Å². The molecule has 1 saturated heterocycles. The van der Waals surface area contributed by atoms with Gasteiger partial charge < -0.3 is 4.52 Å². The third-order valence-electron chi connectivity index (χ3n) is 5.55. The van der Waals surface area contributed by atoms with Crippen molar-refractivity contribution in [1.29, 1.82) is 0 Å². The first-order chi connectivity index (χ1) is 13.6. The van der Waals surface area contributed by atoms with E-state index in [1.165, 1.54) is 16.8 Å². The summed E-state index contributed by atoms with van der Waals surface area (Å²) in [6.45, 7) is 11.2. The van der Waals surface area contributed by atoms with Gasteiger partial charge in [0.25, 0.3) is 0 Å². The van der Waals surface area contributed by atoms with Gasteiger partial charge in [0, 0.05) is 44.5 Å². The number of nitrogens with zero attached hydrogens (tertiary/aromatic N) is 5. The molecule has 0 bridgehead atoms. The van der Waals surface area contributed by atoms with Crippen LogP contribution in [0.1, 0.15) is 35.7 Å². The van der Waals surface area contributed by atoms with Gasteiger partial charge in [-0.1, -0.05) is 41.1 Å². The van der Waals surface area contributed by atoms with Gasteiger partial charge in [0.15, 0.2) is 0 Å². The van der Waals surface area contributed by atoms with Crippen molar-refractivity contribution in [3.05, 3.63) is 65.3 Å². The van der Waals surface area contributed by atoms with Crippen molar-refractivity contribution in [1.82, 2.24) is 24.9 Å². The van der Waals surface area contributed by atoms with E-state index in [0.29, 0.717) is 11.7 Å². The number of piperazine rings is 1. The Labute approximate surface area is 166 Å². The molecule has 3 aromatic rings. The number of hydrogen-bond acceptors (Lipinski definition) is 6. The van der Waals surface area contributed by atoms with E-state index in [2.05, 4.69) is 63.9 Å². The normalized spacial score (nSPS) is 17.0. The molecule has 3 heterocycles. The molecule has 0 N–H and O–H groups in total. The van der Waals surface area contributed by atoms with Crippen LogP contribution >= 0.6 is 0 Å². The molecular formula is C22H27N5O. The van der Waals surface area contributed by atoms with Crippen LogP contribution in [0, 0.1) is 13.8 Å². The lowest BCUT2D eigenvalue weighted by molar-refractivity contribution is 0.0838. The summed E-state index contributed by atoms with van der Waals surface area (Å²) in [5, 5.41) is 4.18. The largest absolute Gasteiger partial charge is 0.337 e. The lowest BCUT2D eigenvalue weighted by Crippen LogP contribution is -2.46. The average molecular weight is 377 g/mol. The average Bonchev–Trinajstić information content (AvgIpc) is 3.20. The maximum absolute atomic E-state index is 5.58. The fourth-order valence-electron chi connectivity index (χ4n) is 3.59. The van der Waals surface area contributed by atoms with Crippen LogP contribution in [0.3, 0.4) is 0 Å². The Bertz CT molecular complexity index is 913. The van der Waals surface area contributed by atoms with Gasteiger partial charge in [0.05, 0.1) is 11.7 Å². The van der Waals surface area contributed by atoms with Crippen LogP contribution in [0.25, 0.3) is 11.4 Å². The molecule has 1 aliphatic rings. The van der Waals surface area contributed by atoms with Crippen molar-refractivity contribution in [3.8, 4) is 11.4 Å². The minimum Gasteiger partial charge on any atom is -0.337 e. The number of hydrogen-bond donors (Lipinski definition) is 0. The van der Waals surface area contributed by atoms with E-state index in [4.69, 9.17) is 4.52 Å². The van der Waals surface area contributed by atoms with Gasteiger partial charge in [0.1, 0.15) is 0 Å². The highest BCUT2D eigenvalue weighted by molar-refractivity contribution is 5.54. The Kier molecular flexibility index (Phi) is 5.50. The predicted molar refractivity (Wildman–Crippen MR) is 109 cm³/mol. The first-order valence-electron chi connectivity index (χ1n) is 9.87. The topological polar surface area (TPSA) is 58.3 Å². The summed E-state index contributed by atoms with van der Waals surface area (Å²) in [4.78, 5) is 14.0. The molecule has 6 nitrogen and oxygen atoms in total. The van der Waals surface area contributed by atoms with Gasteiger partial charge in [-0.3, -0.25) is 14.8 Å². The second-order valence-electron chi connectivity index (χ2n) is 7.58. The smallest absolute Gasteiger partial charge is 0.244 e. The fourth-order valence-corrected chi connectivity index (χ4v) is 3.59.